The Morgan fingerprint density at radius 2 is 1.76 bits per heavy atom. The minimum atomic E-state index is -0.261. The van der Waals surface area contributed by atoms with Gasteiger partial charge in [0.1, 0.15) is 5.75 Å². The third-order valence-corrected chi connectivity index (χ3v) is 6.78. The van der Waals surface area contributed by atoms with E-state index in [4.69, 9.17) is 4.74 Å². The summed E-state index contributed by atoms with van der Waals surface area (Å²) in [6, 6.07) is 7.49. The van der Waals surface area contributed by atoms with Gasteiger partial charge in [-0.3, -0.25) is 19.3 Å². The number of nitrogens with zero attached hydrogens (tertiary/aromatic N) is 4. The van der Waals surface area contributed by atoms with Crippen LogP contribution in [0.25, 0.3) is 0 Å². The van der Waals surface area contributed by atoms with Crippen LogP contribution in [0.5, 0.6) is 5.75 Å². The van der Waals surface area contributed by atoms with Gasteiger partial charge in [0.25, 0.3) is 0 Å². The molecule has 182 valence electrons. The average molecular weight is 459 g/mol. The van der Waals surface area contributed by atoms with Crippen molar-refractivity contribution in [1.29, 1.82) is 0 Å². The summed E-state index contributed by atoms with van der Waals surface area (Å²) in [5.74, 6) is 0.811. The van der Waals surface area contributed by atoms with Crippen LogP contribution in [-0.4, -0.2) is 97.8 Å². The number of benzene rings is 1. The standard InChI is InChI=1S/C25H38N4O4/c1-5-6-13-29-22(30)12-11-21(24(29)19-7-9-20(33-4)10-8-19)25(32)28-16-14-27(15-17-28)18-23(31)26(2)3/h7-10,21,24H,5-6,11-18H2,1-4H3. The molecule has 1 aromatic carbocycles. The fraction of sp³-hybridized carbons (Fsp3) is 0.640. The van der Waals surface area contributed by atoms with Crippen molar-refractivity contribution in [1.82, 2.24) is 19.6 Å². The zero-order valence-electron chi connectivity index (χ0n) is 20.5. The van der Waals surface area contributed by atoms with Crippen molar-refractivity contribution in [2.24, 2.45) is 5.92 Å². The Morgan fingerprint density at radius 3 is 2.33 bits per heavy atom. The molecule has 0 spiro atoms. The molecule has 0 radical (unpaired) electrons. The molecule has 0 saturated carbocycles. The summed E-state index contributed by atoms with van der Waals surface area (Å²) >= 11 is 0. The lowest BCUT2D eigenvalue weighted by molar-refractivity contribution is -0.149. The van der Waals surface area contributed by atoms with Crippen LogP contribution >= 0.6 is 0 Å². The zero-order valence-corrected chi connectivity index (χ0v) is 20.5. The Labute approximate surface area is 197 Å². The van der Waals surface area contributed by atoms with E-state index in [0.717, 1.165) is 24.2 Å². The molecule has 2 unspecified atom stereocenters. The number of hydrogen-bond donors (Lipinski definition) is 0. The Bertz CT molecular complexity index is 818. The fourth-order valence-corrected chi connectivity index (χ4v) is 4.71. The number of ether oxygens (including phenoxy) is 1. The number of hydrogen-bond acceptors (Lipinski definition) is 5. The number of likely N-dealkylation sites (tertiary alicyclic amines) is 1. The molecule has 2 aliphatic rings. The number of amides is 3. The van der Waals surface area contributed by atoms with Gasteiger partial charge in [-0.2, -0.15) is 0 Å². The molecule has 3 rings (SSSR count). The largest absolute Gasteiger partial charge is 0.497 e. The summed E-state index contributed by atoms with van der Waals surface area (Å²) in [7, 11) is 5.15. The topological polar surface area (TPSA) is 73.4 Å². The number of carbonyl (C=O) groups is 3. The van der Waals surface area contributed by atoms with Crippen LogP contribution in [-0.2, 0) is 14.4 Å². The maximum atomic E-state index is 13.7. The number of piperazine rings is 1. The second-order valence-corrected chi connectivity index (χ2v) is 9.19. The highest BCUT2D eigenvalue weighted by molar-refractivity contribution is 5.85. The first-order valence-corrected chi connectivity index (χ1v) is 12.0. The summed E-state index contributed by atoms with van der Waals surface area (Å²) in [4.78, 5) is 46.2. The van der Waals surface area contributed by atoms with E-state index in [2.05, 4.69) is 11.8 Å². The van der Waals surface area contributed by atoms with Gasteiger partial charge in [-0.1, -0.05) is 25.5 Å². The van der Waals surface area contributed by atoms with Gasteiger partial charge in [0.05, 0.1) is 25.6 Å². The van der Waals surface area contributed by atoms with E-state index in [-0.39, 0.29) is 29.7 Å². The number of likely N-dealkylation sites (N-methyl/N-ethyl adjacent to an activating group) is 1. The Kier molecular flexibility index (Phi) is 8.72. The number of carbonyl (C=O) groups excluding carboxylic acids is 3. The van der Waals surface area contributed by atoms with Crippen molar-refractivity contribution in [3.8, 4) is 5.75 Å². The van der Waals surface area contributed by atoms with Gasteiger partial charge in [0.2, 0.25) is 17.7 Å². The van der Waals surface area contributed by atoms with Crippen molar-refractivity contribution in [3.63, 3.8) is 0 Å². The Hall–Kier alpha value is -2.61. The molecule has 2 saturated heterocycles. The van der Waals surface area contributed by atoms with Crippen LogP contribution < -0.4 is 4.74 Å². The summed E-state index contributed by atoms with van der Waals surface area (Å²) in [6.45, 7) is 5.73. The van der Waals surface area contributed by atoms with Crippen molar-refractivity contribution < 1.29 is 19.1 Å². The average Bonchev–Trinajstić information content (AvgIpc) is 2.83. The van der Waals surface area contributed by atoms with Crippen molar-refractivity contribution in [3.05, 3.63) is 29.8 Å². The molecule has 8 heteroatoms. The molecule has 0 aliphatic carbocycles. The molecule has 3 amide bonds. The first-order chi connectivity index (χ1) is 15.8. The van der Waals surface area contributed by atoms with Crippen LogP contribution in [0.15, 0.2) is 24.3 Å². The van der Waals surface area contributed by atoms with Gasteiger partial charge in [-0.15, -0.1) is 0 Å². The van der Waals surface area contributed by atoms with Gasteiger partial charge < -0.3 is 19.4 Å². The maximum absolute atomic E-state index is 13.7. The SMILES string of the molecule is CCCCN1C(=O)CCC(C(=O)N2CCN(CC(=O)N(C)C)CC2)C1c1ccc(OC)cc1. The third-order valence-electron chi connectivity index (χ3n) is 6.78. The Balaban J connectivity index is 1.76. The van der Waals surface area contributed by atoms with E-state index < -0.39 is 0 Å². The van der Waals surface area contributed by atoms with Crippen molar-refractivity contribution in [2.75, 3.05) is 60.5 Å². The lowest BCUT2D eigenvalue weighted by Crippen LogP contribution is -2.55. The first kappa shape index (κ1) is 25.0. The molecule has 2 atom stereocenters. The zero-order chi connectivity index (χ0) is 24.0. The second-order valence-electron chi connectivity index (χ2n) is 9.19. The summed E-state index contributed by atoms with van der Waals surface area (Å²) in [5.41, 5.74) is 0.980. The molecule has 2 fully saturated rings. The highest BCUT2D eigenvalue weighted by Gasteiger charge is 2.42. The first-order valence-electron chi connectivity index (χ1n) is 12.0. The van der Waals surface area contributed by atoms with E-state index in [1.807, 2.05) is 34.1 Å². The predicted octanol–water partition coefficient (Wildman–Crippen LogP) is 2.01. The molecule has 0 bridgehead atoms. The lowest BCUT2D eigenvalue weighted by Gasteiger charge is -2.44. The molecule has 2 heterocycles. The second kappa shape index (κ2) is 11.5. The van der Waals surface area contributed by atoms with Gasteiger partial charge in [0.15, 0.2) is 0 Å². The van der Waals surface area contributed by atoms with E-state index in [0.29, 0.717) is 52.1 Å². The van der Waals surface area contributed by atoms with Crippen LogP contribution in [0, 0.1) is 5.92 Å². The van der Waals surface area contributed by atoms with Crippen LogP contribution in [0.2, 0.25) is 0 Å². The molecule has 2 aliphatic heterocycles. The number of rotatable bonds is 8. The maximum Gasteiger partial charge on any atom is 0.236 e. The number of methoxy groups -OCH3 is 1. The van der Waals surface area contributed by atoms with Gasteiger partial charge >= 0.3 is 0 Å². The quantitative estimate of drug-likeness (QED) is 0.596. The van der Waals surface area contributed by atoms with E-state index in [1.54, 1.807) is 26.1 Å². The number of unbranched alkanes of at least 4 members (excludes halogenated alkanes) is 1. The fourth-order valence-electron chi connectivity index (χ4n) is 4.71. The van der Waals surface area contributed by atoms with Gasteiger partial charge in [0, 0.05) is 53.2 Å². The molecular weight excluding hydrogens is 420 g/mol. The molecule has 1 aromatic rings. The lowest BCUT2D eigenvalue weighted by atomic mass is 9.83. The molecule has 0 N–H and O–H groups in total. The monoisotopic (exact) mass is 458 g/mol. The third kappa shape index (κ3) is 6.05. The van der Waals surface area contributed by atoms with Crippen molar-refractivity contribution in [2.45, 2.75) is 38.6 Å². The summed E-state index contributed by atoms with van der Waals surface area (Å²) in [5, 5.41) is 0. The molecule has 0 aromatic heterocycles. The van der Waals surface area contributed by atoms with E-state index in [1.165, 1.54) is 0 Å². The van der Waals surface area contributed by atoms with Crippen molar-refractivity contribution >= 4 is 17.7 Å². The smallest absolute Gasteiger partial charge is 0.236 e. The highest BCUT2D eigenvalue weighted by atomic mass is 16.5. The molecule has 8 nitrogen and oxygen atoms in total. The highest BCUT2D eigenvalue weighted by Crippen LogP contribution is 2.38. The molecular formula is C25H38N4O4. The number of piperidine rings is 1. The summed E-state index contributed by atoms with van der Waals surface area (Å²) < 4.78 is 5.30. The van der Waals surface area contributed by atoms with Crippen LogP contribution in [0.4, 0.5) is 0 Å². The van der Waals surface area contributed by atoms with Crippen LogP contribution in [0.1, 0.15) is 44.2 Å². The minimum absolute atomic E-state index is 0.0757. The van der Waals surface area contributed by atoms with Crippen LogP contribution in [0.3, 0.4) is 0 Å². The Morgan fingerprint density at radius 1 is 1.09 bits per heavy atom. The van der Waals surface area contributed by atoms with E-state index in [9.17, 15) is 14.4 Å². The minimum Gasteiger partial charge on any atom is -0.497 e. The normalized spacial score (nSPS) is 21.8. The van der Waals surface area contributed by atoms with E-state index >= 15 is 0 Å². The van der Waals surface area contributed by atoms with Gasteiger partial charge in [-0.05, 0) is 30.5 Å². The van der Waals surface area contributed by atoms with Gasteiger partial charge in [-0.25, -0.2) is 0 Å². The predicted molar refractivity (Wildman–Crippen MR) is 127 cm³/mol. The summed E-state index contributed by atoms with van der Waals surface area (Å²) in [6.07, 6.45) is 2.88. The molecule has 33 heavy (non-hydrogen) atoms.